The summed E-state index contributed by atoms with van der Waals surface area (Å²) in [6.45, 7) is 5.93. The molecule has 2 rings (SSSR count). The van der Waals surface area contributed by atoms with E-state index in [-0.39, 0.29) is 0 Å². The van der Waals surface area contributed by atoms with E-state index in [0.29, 0.717) is 6.61 Å². The molecule has 1 aliphatic rings. The average Bonchev–Trinajstić information content (AvgIpc) is 2.32. The molecule has 1 heterocycles. The Hall–Kier alpha value is -0.860. The number of benzene rings is 1. The Morgan fingerprint density at radius 3 is 2.71 bits per heavy atom. The van der Waals surface area contributed by atoms with Gasteiger partial charge in [0.15, 0.2) is 0 Å². The fourth-order valence-electron chi connectivity index (χ4n) is 2.68. The molecule has 0 atom stereocenters. The molecular formula is C15H23NO. The van der Waals surface area contributed by atoms with Crippen LogP contribution in [-0.2, 0) is 6.54 Å². The standard InChI is InChI=1S/C15H23NO/c1-13-3-2-4-15(11-13)12-16-8-5-14(6-9-16)7-10-17/h2-4,11,14,17H,5-10,12H2,1H3. The van der Waals surface area contributed by atoms with Crippen LogP contribution in [0.25, 0.3) is 0 Å². The second-order valence-electron chi connectivity index (χ2n) is 5.22. The van der Waals surface area contributed by atoms with Crippen molar-refractivity contribution in [1.29, 1.82) is 0 Å². The maximum Gasteiger partial charge on any atom is 0.0433 e. The number of piperidine rings is 1. The molecule has 94 valence electrons. The van der Waals surface area contributed by atoms with Crippen LogP contribution in [-0.4, -0.2) is 29.7 Å². The largest absolute Gasteiger partial charge is 0.396 e. The first-order valence-corrected chi connectivity index (χ1v) is 6.66. The third kappa shape index (κ3) is 3.83. The van der Waals surface area contributed by atoms with Crippen molar-refractivity contribution >= 4 is 0 Å². The highest BCUT2D eigenvalue weighted by molar-refractivity contribution is 5.22. The first kappa shape index (κ1) is 12.6. The van der Waals surface area contributed by atoms with E-state index >= 15 is 0 Å². The number of rotatable bonds is 4. The molecule has 0 aliphatic carbocycles. The molecule has 1 fully saturated rings. The normalized spacial score (nSPS) is 18.5. The molecule has 0 bridgehead atoms. The summed E-state index contributed by atoms with van der Waals surface area (Å²) < 4.78 is 0. The molecule has 1 aromatic carbocycles. The predicted molar refractivity (Wildman–Crippen MR) is 70.9 cm³/mol. The Balaban J connectivity index is 1.82. The fourth-order valence-corrected chi connectivity index (χ4v) is 2.68. The van der Waals surface area contributed by atoms with E-state index in [9.17, 15) is 0 Å². The zero-order valence-corrected chi connectivity index (χ0v) is 10.7. The Kier molecular flexibility index (Phi) is 4.57. The van der Waals surface area contributed by atoms with Gasteiger partial charge in [-0.05, 0) is 50.8 Å². The predicted octanol–water partition coefficient (Wildman–Crippen LogP) is 2.59. The van der Waals surface area contributed by atoms with Crippen molar-refractivity contribution in [3.63, 3.8) is 0 Å². The molecular weight excluding hydrogens is 210 g/mol. The molecule has 0 unspecified atom stereocenters. The Labute approximate surface area is 104 Å². The molecule has 1 N–H and O–H groups in total. The van der Waals surface area contributed by atoms with E-state index in [1.165, 1.54) is 37.1 Å². The summed E-state index contributed by atoms with van der Waals surface area (Å²) in [6, 6.07) is 8.78. The van der Waals surface area contributed by atoms with Gasteiger partial charge < -0.3 is 5.11 Å². The molecule has 0 saturated carbocycles. The summed E-state index contributed by atoms with van der Waals surface area (Å²) in [4.78, 5) is 2.53. The minimum Gasteiger partial charge on any atom is -0.396 e. The van der Waals surface area contributed by atoms with Crippen LogP contribution < -0.4 is 0 Å². The van der Waals surface area contributed by atoms with E-state index in [0.717, 1.165) is 18.9 Å². The third-order valence-corrected chi connectivity index (χ3v) is 3.73. The van der Waals surface area contributed by atoms with Gasteiger partial charge in [-0.25, -0.2) is 0 Å². The van der Waals surface area contributed by atoms with E-state index in [1.807, 2.05) is 0 Å². The quantitative estimate of drug-likeness (QED) is 0.864. The third-order valence-electron chi connectivity index (χ3n) is 3.73. The SMILES string of the molecule is Cc1cccc(CN2CCC(CCO)CC2)c1. The minimum atomic E-state index is 0.350. The number of aliphatic hydroxyl groups excluding tert-OH is 1. The minimum absolute atomic E-state index is 0.350. The maximum atomic E-state index is 8.94. The van der Waals surface area contributed by atoms with Gasteiger partial charge in [0.1, 0.15) is 0 Å². The smallest absolute Gasteiger partial charge is 0.0433 e. The Bertz CT molecular complexity index is 343. The van der Waals surface area contributed by atoms with Crippen molar-refractivity contribution in [3.8, 4) is 0 Å². The average molecular weight is 233 g/mol. The van der Waals surface area contributed by atoms with E-state index in [1.54, 1.807) is 0 Å². The lowest BCUT2D eigenvalue weighted by molar-refractivity contribution is 0.153. The molecule has 1 aromatic rings. The molecule has 0 radical (unpaired) electrons. The van der Waals surface area contributed by atoms with Crippen LogP contribution in [0.15, 0.2) is 24.3 Å². The molecule has 0 spiro atoms. The summed E-state index contributed by atoms with van der Waals surface area (Å²) in [5.41, 5.74) is 2.77. The van der Waals surface area contributed by atoms with Crippen LogP contribution in [0.3, 0.4) is 0 Å². The van der Waals surface area contributed by atoms with Crippen molar-refractivity contribution in [2.45, 2.75) is 32.7 Å². The number of likely N-dealkylation sites (tertiary alicyclic amines) is 1. The molecule has 1 aliphatic heterocycles. The summed E-state index contributed by atoms with van der Waals surface area (Å²) in [5, 5.41) is 8.94. The molecule has 0 aromatic heterocycles. The lowest BCUT2D eigenvalue weighted by Crippen LogP contribution is -2.33. The van der Waals surface area contributed by atoms with Gasteiger partial charge in [-0.2, -0.15) is 0 Å². The fraction of sp³-hybridized carbons (Fsp3) is 0.600. The molecule has 1 saturated heterocycles. The van der Waals surface area contributed by atoms with Crippen molar-refractivity contribution in [3.05, 3.63) is 35.4 Å². The van der Waals surface area contributed by atoms with Crippen molar-refractivity contribution < 1.29 is 5.11 Å². The summed E-state index contributed by atoms with van der Waals surface area (Å²) in [6.07, 6.45) is 3.47. The highest BCUT2D eigenvalue weighted by Crippen LogP contribution is 2.21. The number of hydrogen-bond donors (Lipinski definition) is 1. The molecule has 17 heavy (non-hydrogen) atoms. The Morgan fingerprint density at radius 1 is 1.29 bits per heavy atom. The second kappa shape index (κ2) is 6.18. The van der Waals surface area contributed by atoms with Gasteiger partial charge in [0.2, 0.25) is 0 Å². The van der Waals surface area contributed by atoms with Gasteiger partial charge in [0.05, 0.1) is 0 Å². The van der Waals surface area contributed by atoms with Crippen LogP contribution in [0.2, 0.25) is 0 Å². The highest BCUT2D eigenvalue weighted by atomic mass is 16.3. The van der Waals surface area contributed by atoms with Gasteiger partial charge in [-0.15, -0.1) is 0 Å². The van der Waals surface area contributed by atoms with Gasteiger partial charge in [-0.3, -0.25) is 4.90 Å². The van der Waals surface area contributed by atoms with Crippen LogP contribution in [0.4, 0.5) is 0 Å². The Morgan fingerprint density at radius 2 is 2.06 bits per heavy atom. The zero-order valence-electron chi connectivity index (χ0n) is 10.7. The number of hydrogen-bond acceptors (Lipinski definition) is 2. The van der Waals surface area contributed by atoms with Gasteiger partial charge >= 0.3 is 0 Å². The lowest BCUT2D eigenvalue weighted by Gasteiger charge is -2.31. The molecule has 2 heteroatoms. The number of aliphatic hydroxyl groups is 1. The van der Waals surface area contributed by atoms with Gasteiger partial charge in [0.25, 0.3) is 0 Å². The van der Waals surface area contributed by atoms with E-state index in [4.69, 9.17) is 5.11 Å². The molecule has 2 nitrogen and oxygen atoms in total. The van der Waals surface area contributed by atoms with Crippen molar-refractivity contribution in [2.24, 2.45) is 5.92 Å². The van der Waals surface area contributed by atoms with Crippen LogP contribution in [0, 0.1) is 12.8 Å². The lowest BCUT2D eigenvalue weighted by atomic mass is 9.93. The van der Waals surface area contributed by atoms with Crippen LogP contribution in [0.1, 0.15) is 30.4 Å². The highest BCUT2D eigenvalue weighted by Gasteiger charge is 2.18. The maximum absolute atomic E-state index is 8.94. The zero-order chi connectivity index (χ0) is 12.1. The van der Waals surface area contributed by atoms with Crippen molar-refractivity contribution in [2.75, 3.05) is 19.7 Å². The summed E-state index contributed by atoms with van der Waals surface area (Å²) in [5.74, 6) is 0.744. The van der Waals surface area contributed by atoms with E-state index < -0.39 is 0 Å². The molecule has 0 amide bonds. The van der Waals surface area contributed by atoms with Crippen LogP contribution >= 0.6 is 0 Å². The van der Waals surface area contributed by atoms with E-state index in [2.05, 4.69) is 36.1 Å². The first-order valence-electron chi connectivity index (χ1n) is 6.66. The second-order valence-corrected chi connectivity index (χ2v) is 5.22. The topological polar surface area (TPSA) is 23.5 Å². The van der Waals surface area contributed by atoms with Crippen molar-refractivity contribution in [1.82, 2.24) is 4.90 Å². The van der Waals surface area contributed by atoms with Gasteiger partial charge in [0, 0.05) is 13.2 Å². The van der Waals surface area contributed by atoms with Crippen LogP contribution in [0.5, 0.6) is 0 Å². The number of aryl methyl sites for hydroxylation is 1. The first-order chi connectivity index (χ1) is 8.28. The monoisotopic (exact) mass is 233 g/mol. The van der Waals surface area contributed by atoms with Gasteiger partial charge in [-0.1, -0.05) is 29.8 Å². The number of nitrogens with zero attached hydrogens (tertiary/aromatic N) is 1. The summed E-state index contributed by atoms with van der Waals surface area (Å²) >= 11 is 0. The summed E-state index contributed by atoms with van der Waals surface area (Å²) in [7, 11) is 0.